The highest BCUT2D eigenvalue weighted by atomic mass is 33.1. The molecule has 3 nitrogen and oxygen atoms in total. The first kappa shape index (κ1) is 15.8. The predicted molar refractivity (Wildman–Crippen MR) is 70.6 cm³/mol. The molecule has 0 rings (SSSR count). The molecule has 0 aliphatic carbocycles. The monoisotopic (exact) mass is 264 g/mol. The van der Waals surface area contributed by atoms with E-state index >= 15 is 0 Å². The minimum atomic E-state index is -0.163. The van der Waals surface area contributed by atoms with E-state index in [1.165, 1.54) is 10.8 Å². The maximum Gasteiger partial charge on any atom is 0.308 e. The van der Waals surface area contributed by atoms with Gasteiger partial charge in [0.1, 0.15) is 12.4 Å². The zero-order chi connectivity index (χ0) is 12.6. The summed E-state index contributed by atoms with van der Waals surface area (Å²) in [5.74, 6) is 1.39. The number of carbonyl (C=O) groups is 2. The van der Waals surface area contributed by atoms with Gasteiger partial charge < -0.3 is 4.74 Å². The molecule has 0 aliphatic rings. The van der Waals surface area contributed by atoms with Crippen molar-refractivity contribution in [3.63, 3.8) is 0 Å². The minimum absolute atomic E-state index is 0.0693. The number of ketones is 1. The van der Waals surface area contributed by atoms with Gasteiger partial charge in [0.05, 0.1) is 11.7 Å². The minimum Gasteiger partial charge on any atom is -0.465 e. The van der Waals surface area contributed by atoms with Gasteiger partial charge in [-0.3, -0.25) is 9.59 Å². The second-order valence-electron chi connectivity index (χ2n) is 4.03. The molecule has 0 aromatic carbocycles. The number of Topliss-reactive ketones (excluding diaryl/α,β-unsaturated/α-hetero) is 1. The zero-order valence-corrected chi connectivity index (χ0v) is 12.0. The Hall–Kier alpha value is -0.160. The van der Waals surface area contributed by atoms with Crippen molar-refractivity contribution in [2.75, 3.05) is 18.1 Å². The normalized spacial score (nSPS) is 10.9. The maximum absolute atomic E-state index is 11.3. The highest BCUT2D eigenvalue weighted by molar-refractivity contribution is 8.76. The van der Waals surface area contributed by atoms with Crippen LogP contribution in [0.5, 0.6) is 0 Å². The number of hydrogen-bond acceptors (Lipinski definition) is 5. The van der Waals surface area contributed by atoms with Crippen molar-refractivity contribution in [3.8, 4) is 0 Å². The third-order valence-electron chi connectivity index (χ3n) is 1.81. The van der Waals surface area contributed by atoms with Gasteiger partial charge in [-0.25, -0.2) is 0 Å². The Labute approximate surface area is 105 Å². The number of rotatable bonds is 8. The molecule has 0 aromatic rings. The molecular weight excluding hydrogens is 244 g/mol. The zero-order valence-electron chi connectivity index (χ0n) is 10.3. The molecule has 0 bridgehead atoms. The van der Waals surface area contributed by atoms with E-state index in [2.05, 4.69) is 0 Å². The average Bonchev–Trinajstić information content (AvgIpc) is 2.21. The van der Waals surface area contributed by atoms with E-state index in [-0.39, 0.29) is 23.6 Å². The molecule has 0 aromatic heterocycles. The Morgan fingerprint density at radius 3 is 2.19 bits per heavy atom. The molecule has 0 atom stereocenters. The topological polar surface area (TPSA) is 43.4 Å². The van der Waals surface area contributed by atoms with Crippen LogP contribution in [0.3, 0.4) is 0 Å². The fourth-order valence-electron chi connectivity index (χ4n) is 0.668. The predicted octanol–water partition coefficient (Wildman–Crippen LogP) is 2.79. The summed E-state index contributed by atoms with van der Waals surface area (Å²) in [7, 11) is 3.10. The van der Waals surface area contributed by atoms with Gasteiger partial charge in [0.25, 0.3) is 0 Å². The van der Waals surface area contributed by atoms with E-state index in [0.717, 1.165) is 5.75 Å². The number of ether oxygens (including phenoxy) is 1. The number of hydrogen-bond donors (Lipinski definition) is 0. The third kappa shape index (κ3) is 8.05. The van der Waals surface area contributed by atoms with Crippen molar-refractivity contribution < 1.29 is 14.3 Å². The van der Waals surface area contributed by atoms with Crippen LogP contribution in [0.1, 0.15) is 27.7 Å². The fourth-order valence-corrected chi connectivity index (χ4v) is 2.63. The molecule has 0 amide bonds. The van der Waals surface area contributed by atoms with Crippen LogP contribution in [0.15, 0.2) is 0 Å². The van der Waals surface area contributed by atoms with Crippen LogP contribution in [0.4, 0.5) is 0 Å². The summed E-state index contributed by atoms with van der Waals surface area (Å²) in [6.45, 7) is 7.84. The summed E-state index contributed by atoms with van der Waals surface area (Å²) in [6.07, 6.45) is 0. The van der Waals surface area contributed by atoms with Crippen molar-refractivity contribution in [2.45, 2.75) is 27.7 Å². The Bertz CT molecular complexity index is 203. The van der Waals surface area contributed by atoms with Crippen molar-refractivity contribution >= 4 is 33.3 Å². The summed E-state index contributed by atoms with van der Waals surface area (Å²) < 4.78 is 5.00. The van der Waals surface area contributed by atoms with Gasteiger partial charge in [-0.15, -0.1) is 0 Å². The van der Waals surface area contributed by atoms with Crippen molar-refractivity contribution in [1.29, 1.82) is 0 Å². The van der Waals surface area contributed by atoms with Crippen LogP contribution in [-0.4, -0.2) is 29.9 Å². The molecule has 16 heavy (non-hydrogen) atoms. The lowest BCUT2D eigenvalue weighted by molar-refractivity contribution is -0.146. The van der Waals surface area contributed by atoms with Gasteiger partial charge in [0.2, 0.25) is 0 Å². The first-order chi connectivity index (χ1) is 7.45. The van der Waals surface area contributed by atoms with Gasteiger partial charge in [0.15, 0.2) is 0 Å². The Morgan fingerprint density at radius 1 is 1.06 bits per heavy atom. The molecule has 0 aliphatic heterocycles. The third-order valence-corrected chi connectivity index (χ3v) is 4.07. The molecule has 0 saturated heterocycles. The van der Waals surface area contributed by atoms with E-state index in [0.29, 0.717) is 12.4 Å². The van der Waals surface area contributed by atoms with E-state index in [1.807, 2.05) is 27.7 Å². The van der Waals surface area contributed by atoms with Crippen LogP contribution in [0, 0.1) is 11.8 Å². The summed E-state index contributed by atoms with van der Waals surface area (Å²) in [5.41, 5.74) is 0. The summed E-state index contributed by atoms with van der Waals surface area (Å²) in [6, 6.07) is 0. The fraction of sp³-hybridized carbons (Fsp3) is 0.818. The van der Waals surface area contributed by atoms with Gasteiger partial charge in [0, 0.05) is 11.7 Å². The van der Waals surface area contributed by atoms with Crippen LogP contribution < -0.4 is 0 Å². The van der Waals surface area contributed by atoms with Crippen LogP contribution in [0.25, 0.3) is 0 Å². The Morgan fingerprint density at radius 2 is 1.69 bits per heavy atom. The van der Waals surface area contributed by atoms with Gasteiger partial charge in [-0.05, 0) is 0 Å². The molecule has 5 heteroatoms. The highest BCUT2D eigenvalue weighted by Gasteiger charge is 2.08. The molecule has 0 radical (unpaired) electrons. The van der Waals surface area contributed by atoms with Crippen LogP contribution in [0.2, 0.25) is 0 Å². The standard InChI is InChI=1S/C11H20O3S2/c1-8(2)10(12)7-16-15-6-5-14-11(13)9(3)4/h8-9H,5-7H2,1-4H3. The van der Waals surface area contributed by atoms with E-state index in [9.17, 15) is 9.59 Å². The molecule has 0 heterocycles. The molecule has 0 saturated carbocycles. The van der Waals surface area contributed by atoms with E-state index < -0.39 is 0 Å². The Kier molecular flexibility index (Phi) is 8.84. The van der Waals surface area contributed by atoms with Gasteiger partial charge in [-0.1, -0.05) is 49.3 Å². The molecule has 0 unspecified atom stereocenters. The molecule has 0 spiro atoms. The second kappa shape index (κ2) is 8.93. The molecule has 0 fully saturated rings. The maximum atomic E-state index is 11.3. The lowest BCUT2D eigenvalue weighted by atomic mass is 10.1. The quantitative estimate of drug-likeness (QED) is 0.383. The summed E-state index contributed by atoms with van der Waals surface area (Å²) in [4.78, 5) is 22.3. The SMILES string of the molecule is CC(C)C(=O)CSSCCOC(=O)C(C)C. The van der Waals surface area contributed by atoms with E-state index in [1.54, 1.807) is 10.8 Å². The average molecular weight is 264 g/mol. The lowest BCUT2D eigenvalue weighted by Crippen LogP contribution is -2.13. The second-order valence-corrected chi connectivity index (χ2v) is 6.61. The van der Waals surface area contributed by atoms with Crippen molar-refractivity contribution in [3.05, 3.63) is 0 Å². The lowest BCUT2D eigenvalue weighted by Gasteiger charge is -2.06. The van der Waals surface area contributed by atoms with Crippen molar-refractivity contribution in [1.82, 2.24) is 0 Å². The first-order valence-electron chi connectivity index (χ1n) is 5.39. The van der Waals surface area contributed by atoms with Crippen LogP contribution >= 0.6 is 21.6 Å². The summed E-state index contributed by atoms with van der Waals surface area (Å²) in [5, 5.41) is 0. The first-order valence-corrected chi connectivity index (χ1v) is 7.87. The van der Waals surface area contributed by atoms with Gasteiger partial charge >= 0.3 is 5.97 Å². The highest BCUT2D eigenvalue weighted by Crippen LogP contribution is 2.21. The van der Waals surface area contributed by atoms with Gasteiger partial charge in [-0.2, -0.15) is 0 Å². The largest absolute Gasteiger partial charge is 0.465 e. The molecule has 94 valence electrons. The number of carbonyl (C=O) groups excluding carboxylic acids is 2. The molecular formula is C11H20O3S2. The van der Waals surface area contributed by atoms with Crippen molar-refractivity contribution in [2.24, 2.45) is 11.8 Å². The number of esters is 1. The van der Waals surface area contributed by atoms with E-state index in [4.69, 9.17) is 4.74 Å². The Balaban J connectivity index is 3.35. The summed E-state index contributed by atoms with van der Waals surface area (Å²) >= 11 is 0. The molecule has 0 N–H and O–H groups in total. The smallest absolute Gasteiger partial charge is 0.308 e. The van der Waals surface area contributed by atoms with Crippen LogP contribution in [-0.2, 0) is 14.3 Å².